The number of ether oxygens (including phenoxy) is 2. The Kier molecular flexibility index (Phi) is 5.36. The summed E-state index contributed by atoms with van der Waals surface area (Å²) in [5.74, 6) is 2.17. The first-order valence-electron chi connectivity index (χ1n) is 12.7. The molecule has 186 valence electrons. The monoisotopic (exact) mass is 499 g/mol. The lowest BCUT2D eigenvalue weighted by atomic mass is 10.0. The zero-order valence-corrected chi connectivity index (χ0v) is 20.6. The zero-order valence-electron chi connectivity index (χ0n) is 20.6. The Hall–Kier alpha value is -4.97. The first-order chi connectivity index (χ1) is 18.7. The van der Waals surface area contributed by atoms with E-state index >= 15 is 0 Å². The maximum Gasteiger partial charge on any atom is 0.265 e. The van der Waals surface area contributed by atoms with E-state index in [1.807, 2.05) is 77.8 Å². The smallest absolute Gasteiger partial charge is 0.265 e. The molecule has 6 heteroatoms. The van der Waals surface area contributed by atoms with Gasteiger partial charge in [-0.05, 0) is 47.4 Å². The molecular formula is C32H25N3O3. The molecule has 2 aliphatic heterocycles. The highest BCUT2D eigenvalue weighted by molar-refractivity contribution is 5.98. The summed E-state index contributed by atoms with van der Waals surface area (Å²) in [4.78, 5) is 17.2. The fraction of sp³-hybridized carbons (Fsp3) is 0.0938. The van der Waals surface area contributed by atoms with Crippen molar-refractivity contribution in [2.75, 3.05) is 18.3 Å². The number of rotatable bonds is 4. The molecule has 38 heavy (non-hydrogen) atoms. The number of amides is 1. The van der Waals surface area contributed by atoms with Gasteiger partial charge in [0.25, 0.3) is 5.91 Å². The number of anilines is 2. The number of nitrogens with zero attached hydrogens (tertiary/aromatic N) is 2. The third-order valence-corrected chi connectivity index (χ3v) is 7.09. The van der Waals surface area contributed by atoms with Gasteiger partial charge >= 0.3 is 0 Å². The SMILES string of the molecule is O=C(/C=C/c1ccccc1)N1CCc2c([nH]c3cc(-c4ccccc4)ccc23)N1c1ccc2c(c1)OCO2. The van der Waals surface area contributed by atoms with Crippen LogP contribution in [-0.4, -0.2) is 29.2 Å². The first-order valence-corrected chi connectivity index (χ1v) is 12.7. The molecule has 0 atom stereocenters. The van der Waals surface area contributed by atoms with Crippen molar-refractivity contribution in [3.05, 3.63) is 114 Å². The Balaban J connectivity index is 1.32. The Labute approximate surface area is 220 Å². The third-order valence-electron chi connectivity index (χ3n) is 7.09. The van der Waals surface area contributed by atoms with Gasteiger partial charge < -0.3 is 14.5 Å². The van der Waals surface area contributed by atoms with Crippen molar-refractivity contribution >= 4 is 34.4 Å². The van der Waals surface area contributed by atoms with Crippen LogP contribution >= 0.6 is 0 Å². The van der Waals surface area contributed by atoms with E-state index < -0.39 is 0 Å². The number of hydrogen-bond donors (Lipinski definition) is 1. The van der Waals surface area contributed by atoms with Crippen LogP contribution in [0.15, 0.2) is 103 Å². The maximum absolute atomic E-state index is 13.6. The van der Waals surface area contributed by atoms with E-state index in [4.69, 9.17) is 9.47 Å². The lowest BCUT2D eigenvalue weighted by molar-refractivity contribution is -0.126. The highest BCUT2D eigenvalue weighted by Gasteiger charge is 2.32. The quantitative estimate of drug-likeness (QED) is 0.279. The van der Waals surface area contributed by atoms with Crippen LogP contribution in [0, 0.1) is 0 Å². The summed E-state index contributed by atoms with van der Waals surface area (Å²) in [7, 11) is 0. The number of H-pyrrole nitrogens is 1. The molecular weight excluding hydrogens is 474 g/mol. The number of carbonyl (C=O) groups excluding carboxylic acids is 1. The predicted octanol–water partition coefficient (Wildman–Crippen LogP) is 6.71. The molecule has 0 bridgehead atoms. The fourth-order valence-corrected chi connectivity index (χ4v) is 5.24. The summed E-state index contributed by atoms with van der Waals surface area (Å²) in [6, 6.07) is 32.5. The highest BCUT2D eigenvalue weighted by atomic mass is 16.7. The van der Waals surface area contributed by atoms with Crippen LogP contribution < -0.4 is 14.5 Å². The van der Waals surface area contributed by atoms with Crippen LogP contribution in [-0.2, 0) is 11.2 Å². The molecule has 1 amide bonds. The molecule has 0 saturated carbocycles. The average molecular weight is 500 g/mol. The van der Waals surface area contributed by atoms with Gasteiger partial charge in [0.05, 0.1) is 5.69 Å². The Morgan fingerprint density at radius 2 is 1.61 bits per heavy atom. The summed E-state index contributed by atoms with van der Waals surface area (Å²) in [5.41, 5.74) is 6.34. The lowest BCUT2D eigenvalue weighted by Gasteiger charge is -2.39. The van der Waals surface area contributed by atoms with Crippen molar-refractivity contribution in [3.63, 3.8) is 0 Å². The number of nitrogens with one attached hydrogen (secondary N) is 1. The van der Waals surface area contributed by atoms with Crippen LogP contribution in [0.2, 0.25) is 0 Å². The second-order valence-corrected chi connectivity index (χ2v) is 9.38. The summed E-state index contributed by atoms with van der Waals surface area (Å²) < 4.78 is 11.2. The lowest BCUT2D eigenvalue weighted by Crippen LogP contribution is -2.47. The first kappa shape index (κ1) is 22.2. The van der Waals surface area contributed by atoms with Gasteiger partial charge in [-0.1, -0.05) is 72.8 Å². The molecule has 1 aromatic heterocycles. The number of hydrazine groups is 1. The molecule has 0 radical (unpaired) electrons. The average Bonchev–Trinajstić information content (AvgIpc) is 3.60. The maximum atomic E-state index is 13.6. The van der Waals surface area contributed by atoms with Crippen molar-refractivity contribution in [1.82, 2.24) is 9.99 Å². The number of fused-ring (bicyclic) bond motifs is 4. The number of aromatic amines is 1. The topological polar surface area (TPSA) is 57.8 Å². The van der Waals surface area contributed by atoms with Crippen LogP contribution in [0.3, 0.4) is 0 Å². The van der Waals surface area contributed by atoms with Gasteiger partial charge in [0.1, 0.15) is 5.82 Å². The highest BCUT2D eigenvalue weighted by Crippen LogP contribution is 2.43. The van der Waals surface area contributed by atoms with E-state index in [-0.39, 0.29) is 12.7 Å². The van der Waals surface area contributed by atoms with Crippen molar-refractivity contribution in [3.8, 4) is 22.6 Å². The summed E-state index contributed by atoms with van der Waals surface area (Å²) in [6.45, 7) is 0.744. The summed E-state index contributed by atoms with van der Waals surface area (Å²) in [6.07, 6.45) is 4.23. The number of carbonyl (C=O) groups is 1. The number of hydrogen-bond acceptors (Lipinski definition) is 4. The van der Waals surface area contributed by atoms with Crippen LogP contribution in [0.4, 0.5) is 11.5 Å². The molecule has 7 rings (SSSR count). The molecule has 3 heterocycles. The van der Waals surface area contributed by atoms with Crippen LogP contribution in [0.5, 0.6) is 11.5 Å². The molecule has 4 aromatic carbocycles. The van der Waals surface area contributed by atoms with Gasteiger partial charge in [-0.3, -0.25) is 4.79 Å². The van der Waals surface area contributed by atoms with Crippen LogP contribution in [0.1, 0.15) is 11.1 Å². The number of aromatic nitrogens is 1. The van der Waals surface area contributed by atoms with Crippen molar-refractivity contribution < 1.29 is 14.3 Å². The Morgan fingerprint density at radius 1 is 0.816 bits per heavy atom. The Morgan fingerprint density at radius 3 is 2.45 bits per heavy atom. The van der Waals surface area contributed by atoms with Crippen molar-refractivity contribution in [1.29, 1.82) is 0 Å². The molecule has 2 aliphatic rings. The summed E-state index contributed by atoms with van der Waals surface area (Å²) >= 11 is 0. The van der Waals surface area contributed by atoms with E-state index in [0.717, 1.165) is 45.5 Å². The molecule has 0 unspecified atom stereocenters. The van der Waals surface area contributed by atoms with Gasteiger partial charge in [0, 0.05) is 35.2 Å². The van der Waals surface area contributed by atoms with E-state index in [2.05, 4.69) is 35.3 Å². The minimum Gasteiger partial charge on any atom is -0.454 e. The molecule has 0 fully saturated rings. The molecule has 5 aromatic rings. The largest absolute Gasteiger partial charge is 0.454 e. The van der Waals surface area contributed by atoms with E-state index in [9.17, 15) is 4.79 Å². The second-order valence-electron chi connectivity index (χ2n) is 9.38. The Bertz CT molecular complexity index is 1680. The second kappa shape index (κ2) is 9.16. The fourth-order valence-electron chi connectivity index (χ4n) is 5.24. The summed E-state index contributed by atoms with van der Waals surface area (Å²) in [5, 5.41) is 4.92. The third kappa shape index (κ3) is 3.87. The predicted molar refractivity (Wildman–Crippen MR) is 149 cm³/mol. The molecule has 0 saturated heterocycles. The van der Waals surface area contributed by atoms with E-state index in [0.29, 0.717) is 18.0 Å². The molecule has 1 N–H and O–H groups in total. The minimum atomic E-state index is -0.0965. The van der Waals surface area contributed by atoms with Gasteiger partial charge in [-0.15, -0.1) is 0 Å². The zero-order chi connectivity index (χ0) is 25.5. The van der Waals surface area contributed by atoms with Crippen LogP contribution in [0.25, 0.3) is 28.1 Å². The van der Waals surface area contributed by atoms with Gasteiger partial charge in [-0.2, -0.15) is 0 Å². The van der Waals surface area contributed by atoms with E-state index in [1.54, 1.807) is 11.1 Å². The number of benzene rings is 4. The van der Waals surface area contributed by atoms with Gasteiger partial charge in [0.2, 0.25) is 6.79 Å². The van der Waals surface area contributed by atoms with Crippen molar-refractivity contribution in [2.24, 2.45) is 0 Å². The molecule has 0 aliphatic carbocycles. The van der Waals surface area contributed by atoms with Gasteiger partial charge in [0.15, 0.2) is 11.5 Å². The van der Waals surface area contributed by atoms with Crippen molar-refractivity contribution in [2.45, 2.75) is 6.42 Å². The molecule has 0 spiro atoms. The standard InChI is InChI=1S/C32H25N3O3/c36-31(16-11-22-7-3-1-4-8-22)34-18-17-27-26-14-12-24(23-9-5-2-6-10-23)19-28(26)33-32(27)35(34)25-13-15-29-30(20-25)38-21-37-29/h1-16,19-20,33H,17-18,21H2/b16-11+. The normalized spacial score (nSPS) is 14.3. The minimum absolute atomic E-state index is 0.0965. The van der Waals surface area contributed by atoms with E-state index in [1.165, 1.54) is 5.56 Å². The van der Waals surface area contributed by atoms with Gasteiger partial charge in [-0.25, -0.2) is 10.0 Å². The molecule has 6 nitrogen and oxygen atoms in total.